The summed E-state index contributed by atoms with van der Waals surface area (Å²) in [4.78, 5) is 32.6. The van der Waals surface area contributed by atoms with E-state index in [4.69, 9.17) is 4.84 Å². The van der Waals surface area contributed by atoms with Gasteiger partial charge in [-0.2, -0.15) is 0 Å². The van der Waals surface area contributed by atoms with Gasteiger partial charge in [0, 0.05) is 26.2 Å². The molecule has 3 amide bonds. The summed E-state index contributed by atoms with van der Waals surface area (Å²) >= 11 is 0. The highest BCUT2D eigenvalue weighted by molar-refractivity contribution is 5.88. The van der Waals surface area contributed by atoms with Gasteiger partial charge in [0.15, 0.2) is 0 Å². The predicted molar refractivity (Wildman–Crippen MR) is 72.1 cm³/mol. The SMILES string of the molecule is CN1C(=O)N2C[C@H]1CC[C@H]2C(=O)NOC[C@@H]1C[C@H](F)CN1. The van der Waals surface area contributed by atoms with Crippen LogP contribution >= 0.6 is 0 Å². The van der Waals surface area contributed by atoms with Crippen LogP contribution in [-0.2, 0) is 9.63 Å². The van der Waals surface area contributed by atoms with Gasteiger partial charge in [-0.1, -0.05) is 0 Å². The molecule has 0 saturated carbocycles. The van der Waals surface area contributed by atoms with E-state index in [2.05, 4.69) is 10.8 Å². The molecule has 3 aliphatic rings. The normalized spacial score (nSPS) is 35.4. The monoisotopic (exact) mass is 300 g/mol. The van der Waals surface area contributed by atoms with E-state index in [1.54, 1.807) is 16.8 Å². The Morgan fingerprint density at radius 2 is 2.33 bits per heavy atom. The number of carbonyl (C=O) groups excluding carboxylic acids is 2. The molecule has 0 unspecified atom stereocenters. The summed E-state index contributed by atoms with van der Waals surface area (Å²) in [5, 5.41) is 2.98. The van der Waals surface area contributed by atoms with E-state index in [1.165, 1.54) is 0 Å². The largest absolute Gasteiger partial charge is 0.323 e. The average Bonchev–Trinajstić information content (AvgIpc) is 2.98. The molecule has 0 radical (unpaired) electrons. The first kappa shape index (κ1) is 14.5. The van der Waals surface area contributed by atoms with Gasteiger partial charge >= 0.3 is 6.03 Å². The molecule has 0 aliphatic carbocycles. The second-order valence-corrected chi connectivity index (χ2v) is 6.01. The number of alkyl halides is 1. The molecular weight excluding hydrogens is 279 g/mol. The van der Waals surface area contributed by atoms with Gasteiger partial charge in [0.25, 0.3) is 5.91 Å². The molecule has 21 heavy (non-hydrogen) atoms. The van der Waals surface area contributed by atoms with Gasteiger partial charge in [0.05, 0.1) is 12.6 Å². The van der Waals surface area contributed by atoms with Crippen LogP contribution in [0.5, 0.6) is 0 Å². The first-order valence-corrected chi connectivity index (χ1v) is 7.38. The Balaban J connectivity index is 1.46. The number of fused-ring (bicyclic) bond motifs is 2. The fraction of sp³-hybridized carbons (Fsp3) is 0.846. The molecule has 4 atom stereocenters. The third-order valence-electron chi connectivity index (χ3n) is 4.58. The Morgan fingerprint density at radius 1 is 1.52 bits per heavy atom. The average molecular weight is 300 g/mol. The van der Waals surface area contributed by atoms with Crippen molar-refractivity contribution in [2.75, 3.05) is 26.7 Å². The molecule has 2 N–H and O–H groups in total. The smallest absolute Gasteiger partial charge is 0.320 e. The van der Waals surface area contributed by atoms with E-state index in [0.717, 1.165) is 6.42 Å². The molecule has 0 aromatic carbocycles. The number of halogens is 1. The lowest BCUT2D eigenvalue weighted by Crippen LogP contribution is -2.50. The van der Waals surface area contributed by atoms with Gasteiger partial charge in [0.2, 0.25) is 0 Å². The zero-order valence-corrected chi connectivity index (χ0v) is 12.0. The Hall–Kier alpha value is -1.41. The highest BCUT2D eigenvalue weighted by atomic mass is 19.1. The Bertz CT molecular complexity index is 436. The molecule has 3 rings (SSSR count). The number of urea groups is 1. The number of hydrogen-bond donors (Lipinski definition) is 2. The van der Waals surface area contributed by atoms with Crippen molar-refractivity contribution in [3.8, 4) is 0 Å². The summed E-state index contributed by atoms with van der Waals surface area (Å²) in [6.07, 6.45) is 1.02. The van der Waals surface area contributed by atoms with Gasteiger partial charge in [-0.3, -0.25) is 9.63 Å². The fourth-order valence-corrected chi connectivity index (χ4v) is 3.29. The van der Waals surface area contributed by atoms with Crippen molar-refractivity contribution >= 4 is 11.9 Å². The molecule has 3 fully saturated rings. The Kier molecular flexibility index (Phi) is 3.99. The van der Waals surface area contributed by atoms with Gasteiger partial charge < -0.3 is 15.1 Å². The van der Waals surface area contributed by atoms with E-state index in [9.17, 15) is 14.0 Å². The molecule has 2 bridgehead atoms. The van der Waals surface area contributed by atoms with Crippen LogP contribution in [0.2, 0.25) is 0 Å². The molecule has 7 nitrogen and oxygen atoms in total. The first-order chi connectivity index (χ1) is 10.1. The minimum atomic E-state index is -0.845. The molecule has 0 aromatic heterocycles. The zero-order valence-electron chi connectivity index (χ0n) is 12.0. The topological polar surface area (TPSA) is 73.9 Å². The zero-order chi connectivity index (χ0) is 15.0. The summed E-state index contributed by atoms with van der Waals surface area (Å²) < 4.78 is 13.0. The van der Waals surface area contributed by atoms with E-state index in [0.29, 0.717) is 25.9 Å². The molecule has 0 aromatic rings. The highest BCUT2D eigenvalue weighted by Crippen LogP contribution is 2.28. The van der Waals surface area contributed by atoms with Crippen LogP contribution < -0.4 is 10.8 Å². The van der Waals surface area contributed by atoms with Crippen molar-refractivity contribution < 1.29 is 18.8 Å². The lowest BCUT2D eigenvalue weighted by atomic mass is 10.0. The molecule has 3 aliphatic heterocycles. The van der Waals surface area contributed by atoms with Gasteiger partial charge in [-0.15, -0.1) is 0 Å². The van der Waals surface area contributed by atoms with Crippen LogP contribution in [0.25, 0.3) is 0 Å². The highest BCUT2D eigenvalue weighted by Gasteiger charge is 2.45. The van der Waals surface area contributed by atoms with Crippen molar-refractivity contribution in [1.29, 1.82) is 0 Å². The van der Waals surface area contributed by atoms with Crippen molar-refractivity contribution in [1.82, 2.24) is 20.6 Å². The van der Waals surface area contributed by atoms with E-state index in [1.807, 2.05) is 0 Å². The summed E-state index contributed by atoms with van der Waals surface area (Å²) in [7, 11) is 1.77. The lowest BCUT2D eigenvalue weighted by Gasteiger charge is -2.29. The van der Waals surface area contributed by atoms with Crippen molar-refractivity contribution in [2.45, 2.75) is 43.6 Å². The molecular formula is C13H21FN4O3. The quantitative estimate of drug-likeness (QED) is 0.695. The van der Waals surface area contributed by atoms with Crippen molar-refractivity contribution in [3.05, 3.63) is 0 Å². The van der Waals surface area contributed by atoms with E-state index < -0.39 is 12.2 Å². The maximum Gasteiger partial charge on any atom is 0.320 e. The van der Waals surface area contributed by atoms with Gasteiger partial charge in [0.1, 0.15) is 12.2 Å². The number of piperidine rings is 1. The molecule has 0 spiro atoms. The third kappa shape index (κ3) is 2.82. The van der Waals surface area contributed by atoms with Crippen LogP contribution in [-0.4, -0.2) is 72.8 Å². The van der Waals surface area contributed by atoms with Crippen LogP contribution in [0.15, 0.2) is 0 Å². The number of amides is 3. The Labute approximate surface area is 122 Å². The number of nitrogens with zero attached hydrogens (tertiary/aromatic N) is 2. The minimum Gasteiger partial charge on any atom is -0.323 e. The number of carbonyl (C=O) groups is 2. The molecule has 118 valence electrons. The van der Waals surface area contributed by atoms with Crippen molar-refractivity contribution in [3.63, 3.8) is 0 Å². The number of hydrogen-bond acceptors (Lipinski definition) is 4. The summed E-state index contributed by atoms with van der Waals surface area (Å²) in [5.74, 6) is -0.299. The number of nitrogens with one attached hydrogen (secondary N) is 2. The Morgan fingerprint density at radius 3 is 3.05 bits per heavy atom. The summed E-state index contributed by atoms with van der Waals surface area (Å²) in [6.45, 7) is 1.16. The number of rotatable bonds is 4. The molecule has 3 heterocycles. The summed E-state index contributed by atoms with van der Waals surface area (Å²) in [5.41, 5.74) is 2.40. The van der Waals surface area contributed by atoms with Crippen molar-refractivity contribution in [2.24, 2.45) is 0 Å². The van der Waals surface area contributed by atoms with Crippen LogP contribution in [0.1, 0.15) is 19.3 Å². The second-order valence-electron chi connectivity index (χ2n) is 6.01. The molecule has 8 heteroatoms. The first-order valence-electron chi connectivity index (χ1n) is 7.38. The maximum atomic E-state index is 13.0. The predicted octanol–water partition coefficient (Wildman–Crippen LogP) is -0.367. The van der Waals surface area contributed by atoms with E-state index >= 15 is 0 Å². The van der Waals surface area contributed by atoms with E-state index in [-0.39, 0.29) is 30.6 Å². The van der Waals surface area contributed by atoms with Crippen LogP contribution in [0.3, 0.4) is 0 Å². The standard InChI is InChI=1S/C13H21FN4O3/c1-17-10-2-3-11(18(6-10)13(17)20)12(19)16-21-7-9-4-8(14)5-15-9/h8-11,15H,2-7H2,1H3,(H,16,19)/t8-,9-,10+,11-/m0/s1. The third-order valence-corrected chi connectivity index (χ3v) is 4.58. The van der Waals surface area contributed by atoms with Crippen LogP contribution in [0.4, 0.5) is 9.18 Å². The minimum absolute atomic E-state index is 0.0735. The molecule has 3 saturated heterocycles. The van der Waals surface area contributed by atoms with Gasteiger partial charge in [-0.25, -0.2) is 14.7 Å². The maximum absolute atomic E-state index is 13.0. The van der Waals surface area contributed by atoms with Gasteiger partial charge in [-0.05, 0) is 19.3 Å². The number of hydroxylamine groups is 1. The lowest BCUT2D eigenvalue weighted by molar-refractivity contribution is -0.139. The van der Waals surface area contributed by atoms with Crippen LogP contribution in [0, 0.1) is 0 Å². The number of likely N-dealkylation sites (N-methyl/N-ethyl adjacent to an activating group) is 1. The fourth-order valence-electron chi connectivity index (χ4n) is 3.29. The second kappa shape index (κ2) is 5.76. The summed E-state index contributed by atoms with van der Waals surface area (Å²) in [6, 6.07) is -0.429.